The molecule has 1 aliphatic rings. The van der Waals surface area contributed by atoms with Crippen molar-refractivity contribution >= 4 is 0 Å². The Labute approximate surface area is 97.9 Å². The van der Waals surface area contributed by atoms with Crippen LogP contribution in [0.2, 0.25) is 0 Å². The van der Waals surface area contributed by atoms with Crippen LogP contribution in [0, 0.1) is 0 Å². The van der Waals surface area contributed by atoms with Gasteiger partial charge in [-0.25, -0.2) is 0 Å². The molecule has 1 heterocycles. The average Bonchev–Trinajstić information content (AvgIpc) is 3.10. The number of pyridine rings is 1. The molecule has 0 bridgehead atoms. The fraction of sp³-hybridized carbons (Fsp3) is 0.615. The highest BCUT2D eigenvalue weighted by molar-refractivity contribution is 5.07. The highest BCUT2D eigenvalue weighted by Crippen LogP contribution is 2.18. The second-order valence-corrected chi connectivity index (χ2v) is 4.68. The number of hydrogen-bond acceptors (Lipinski definition) is 3. The van der Waals surface area contributed by atoms with Gasteiger partial charge in [0, 0.05) is 25.0 Å². The van der Waals surface area contributed by atoms with Crippen LogP contribution in [-0.4, -0.2) is 36.1 Å². The van der Waals surface area contributed by atoms with Gasteiger partial charge in [-0.15, -0.1) is 0 Å². The van der Waals surface area contributed by atoms with Gasteiger partial charge in [-0.2, -0.15) is 0 Å². The van der Waals surface area contributed by atoms with Crippen LogP contribution in [0.5, 0.6) is 0 Å². The molecule has 0 saturated heterocycles. The van der Waals surface area contributed by atoms with Crippen LogP contribution in [0.1, 0.15) is 24.8 Å². The molecule has 1 N–H and O–H groups in total. The van der Waals surface area contributed by atoms with Crippen LogP contribution >= 0.6 is 0 Å². The molecule has 0 unspecified atom stereocenters. The molecule has 3 heteroatoms. The van der Waals surface area contributed by atoms with E-state index < -0.39 is 0 Å². The summed E-state index contributed by atoms with van der Waals surface area (Å²) in [6, 6.07) is 4.97. The molecular formula is C13H21N3. The smallest absolute Gasteiger partial charge is 0.0312 e. The summed E-state index contributed by atoms with van der Waals surface area (Å²) < 4.78 is 0. The first-order valence-electron chi connectivity index (χ1n) is 6.15. The van der Waals surface area contributed by atoms with E-state index in [0.717, 1.165) is 25.7 Å². The average molecular weight is 219 g/mol. The van der Waals surface area contributed by atoms with Gasteiger partial charge >= 0.3 is 0 Å². The minimum atomic E-state index is 0.837. The van der Waals surface area contributed by atoms with Gasteiger partial charge in [0.25, 0.3) is 0 Å². The molecule has 1 aromatic heterocycles. The molecule has 88 valence electrons. The molecular weight excluding hydrogens is 198 g/mol. The molecule has 0 atom stereocenters. The van der Waals surface area contributed by atoms with Gasteiger partial charge in [-0.05, 0) is 51.0 Å². The predicted octanol–water partition coefficient (Wildman–Crippen LogP) is 1.66. The predicted molar refractivity (Wildman–Crippen MR) is 66.2 cm³/mol. The Morgan fingerprint density at radius 1 is 1.50 bits per heavy atom. The summed E-state index contributed by atoms with van der Waals surface area (Å²) in [6.45, 7) is 3.30. The summed E-state index contributed by atoms with van der Waals surface area (Å²) in [4.78, 5) is 6.48. The van der Waals surface area contributed by atoms with Crippen LogP contribution in [-0.2, 0) is 6.54 Å². The maximum Gasteiger partial charge on any atom is 0.0312 e. The largest absolute Gasteiger partial charge is 0.314 e. The van der Waals surface area contributed by atoms with Gasteiger partial charge in [-0.1, -0.05) is 6.07 Å². The molecule has 1 aliphatic carbocycles. The second-order valence-electron chi connectivity index (χ2n) is 4.68. The fourth-order valence-corrected chi connectivity index (χ4v) is 1.83. The van der Waals surface area contributed by atoms with E-state index in [2.05, 4.69) is 28.3 Å². The van der Waals surface area contributed by atoms with Crippen molar-refractivity contribution in [2.75, 3.05) is 20.1 Å². The number of nitrogens with one attached hydrogen (secondary N) is 1. The third-order valence-electron chi connectivity index (χ3n) is 2.90. The number of aromatic nitrogens is 1. The fourth-order valence-electron chi connectivity index (χ4n) is 1.83. The van der Waals surface area contributed by atoms with Crippen molar-refractivity contribution in [2.45, 2.75) is 31.8 Å². The zero-order valence-corrected chi connectivity index (χ0v) is 10.0. The first kappa shape index (κ1) is 11.6. The molecule has 3 nitrogen and oxygen atoms in total. The lowest BCUT2D eigenvalue weighted by Gasteiger charge is -2.16. The van der Waals surface area contributed by atoms with E-state index in [9.17, 15) is 0 Å². The lowest BCUT2D eigenvalue weighted by molar-refractivity contribution is 0.319. The van der Waals surface area contributed by atoms with Gasteiger partial charge in [0.05, 0.1) is 0 Å². The minimum absolute atomic E-state index is 0.837. The monoisotopic (exact) mass is 219 g/mol. The molecule has 0 aliphatic heterocycles. The molecule has 0 radical (unpaired) electrons. The second kappa shape index (κ2) is 5.97. The van der Waals surface area contributed by atoms with Gasteiger partial charge in [0.15, 0.2) is 0 Å². The molecule has 16 heavy (non-hydrogen) atoms. The summed E-state index contributed by atoms with van der Waals surface area (Å²) in [5, 5.41) is 3.54. The maximum atomic E-state index is 4.13. The van der Waals surface area contributed by atoms with E-state index in [0.29, 0.717) is 0 Å². The Balaban J connectivity index is 1.58. The number of hydrogen-bond donors (Lipinski definition) is 1. The van der Waals surface area contributed by atoms with Crippen LogP contribution in [0.25, 0.3) is 0 Å². The SMILES string of the molecule is CN(CCCNC1CC1)Cc1cccnc1. The van der Waals surface area contributed by atoms with Crippen molar-refractivity contribution in [1.29, 1.82) is 0 Å². The standard InChI is InChI=1S/C13H21N3/c1-16(9-3-8-15-13-5-6-13)11-12-4-2-7-14-10-12/h2,4,7,10,13,15H,3,5-6,8-9,11H2,1H3. The van der Waals surface area contributed by atoms with Crippen molar-refractivity contribution in [2.24, 2.45) is 0 Å². The first-order valence-corrected chi connectivity index (χ1v) is 6.15. The first-order chi connectivity index (χ1) is 7.84. The normalized spacial score (nSPS) is 15.6. The van der Waals surface area contributed by atoms with Crippen molar-refractivity contribution in [1.82, 2.24) is 15.2 Å². The molecule has 0 amide bonds. The van der Waals surface area contributed by atoms with E-state index in [1.54, 1.807) is 0 Å². The van der Waals surface area contributed by atoms with Gasteiger partial charge in [0.1, 0.15) is 0 Å². The Morgan fingerprint density at radius 2 is 2.38 bits per heavy atom. The topological polar surface area (TPSA) is 28.2 Å². The van der Waals surface area contributed by atoms with E-state index in [-0.39, 0.29) is 0 Å². The van der Waals surface area contributed by atoms with Gasteiger partial charge < -0.3 is 10.2 Å². The molecule has 1 saturated carbocycles. The van der Waals surface area contributed by atoms with Crippen molar-refractivity contribution in [3.05, 3.63) is 30.1 Å². The van der Waals surface area contributed by atoms with Gasteiger partial charge in [0.2, 0.25) is 0 Å². The highest BCUT2D eigenvalue weighted by Gasteiger charge is 2.19. The molecule has 0 aromatic carbocycles. The lowest BCUT2D eigenvalue weighted by atomic mass is 10.2. The van der Waals surface area contributed by atoms with E-state index in [1.807, 2.05) is 18.5 Å². The molecule has 2 rings (SSSR count). The summed E-state index contributed by atoms with van der Waals surface area (Å²) >= 11 is 0. The Kier molecular flexibility index (Phi) is 4.31. The van der Waals surface area contributed by atoms with Crippen molar-refractivity contribution in [3.63, 3.8) is 0 Å². The van der Waals surface area contributed by atoms with E-state index >= 15 is 0 Å². The van der Waals surface area contributed by atoms with Crippen LogP contribution < -0.4 is 5.32 Å². The third kappa shape index (κ3) is 4.29. The lowest BCUT2D eigenvalue weighted by Crippen LogP contribution is -2.24. The summed E-state index contributed by atoms with van der Waals surface area (Å²) in [5.41, 5.74) is 1.29. The van der Waals surface area contributed by atoms with Crippen molar-refractivity contribution in [3.8, 4) is 0 Å². The Hall–Kier alpha value is -0.930. The van der Waals surface area contributed by atoms with Crippen molar-refractivity contribution < 1.29 is 0 Å². The molecule has 1 fully saturated rings. The highest BCUT2D eigenvalue weighted by atomic mass is 15.1. The zero-order chi connectivity index (χ0) is 11.2. The zero-order valence-electron chi connectivity index (χ0n) is 10.0. The Morgan fingerprint density at radius 3 is 3.06 bits per heavy atom. The van der Waals surface area contributed by atoms with E-state index in [4.69, 9.17) is 0 Å². The Bertz CT molecular complexity index is 295. The summed E-state index contributed by atoms with van der Waals surface area (Å²) in [7, 11) is 2.17. The number of nitrogens with zero attached hydrogens (tertiary/aromatic N) is 2. The number of rotatable bonds is 7. The van der Waals surface area contributed by atoms with Crippen LogP contribution in [0.3, 0.4) is 0 Å². The summed E-state index contributed by atoms with van der Waals surface area (Å²) in [5.74, 6) is 0. The summed E-state index contributed by atoms with van der Waals surface area (Å²) in [6.07, 6.45) is 7.76. The molecule has 0 spiro atoms. The molecule has 1 aromatic rings. The van der Waals surface area contributed by atoms with Crippen LogP contribution in [0.4, 0.5) is 0 Å². The van der Waals surface area contributed by atoms with Crippen LogP contribution in [0.15, 0.2) is 24.5 Å². The maximum absolute atomic E-state index is 4.13. The quantitative estimate of drug-likeness (QED) is 0.707. The van der Waals surface area contributed by atoms with E-state index in [1.165, 1.54) is 24.8 Å². The minimum Gasteiger partial charge on any atom is -0.314 e. The van der Waals surface area contributed by atoms with Gasteiger partial charge in [-0.3, -0.25) is 4.98 Å². The third-order valence-corrected chi connectivity index (χ3v) is 2.90.